The molecule has 1 rings (SSSR count). The highest BCUT2D eigenvalue weighted by Crippen LogP contribution is 2.33. The third-order valence-electron chi connectivity index (χ3n) is 3.41. The zero-order valence-corrected chi connectivity index (χ0v) is 12.3. The topological polar surface area (TPSA) is 46.5 Å². The first-order valence-electron chi connectivity index (χ1n) is 6.51. The minimum atomic E-state index is -0.893. The molecule has 1 aromatic rings. The summed E-state index contributed by atoms with van der Waals surface area (Å²) in [6.45, 7) is 8.07. The van der Waals surface area contributed by atoms with Gasteiger partial charge in [0.25, 0.3) is 0 Å². The van der Waals surface area contributed by atoms with Crippen molar-refractivity contribution in [2.75, 3.05) is 7.11 Å². The van der Waals surface area contributed by atoms with Gasteiger partial charge < -0.3 is 9.84 Å². The average molecular weight is 262 g/mol. The predicted molar refractivity (Wildman–Crippen MR) is 77.7 cm³/mol. The number of hydrogen-bond donors (Lipinski definition) is 1. The Bertz CT molecular complexity index is 513. The maximum absolute atomic E-state index is 11.0. The molecule has 0 saturated heterocycles. The van der Waals surface area contributed by atoms with Gasteiger partial charge in [0.2, 0.25) is 0 Å². The van der Waals surface area contributed by atoms with Crippen LogP contribution in [-0.4, -0.2) is 18.2 Å². The van der Waals surface area contributed by atoms with E-state index in [0.29, 0.717) is 0 Å². The molecule has 0 aliphatic carbocycles. The molecule has 1 N–H and O–H groups in total. The van der Waals surface area contributed by atoms with Gasteiger partial charge in [-0.2, -0.15) is 0 Å². The van der Waals surface area contributed by atoms with Gasteiger partial charge in [0.05, 0.1) is 7.11 Å². The lowest BCUT2D eigenvalue weighted by atomic mass is 9.89. The van der Waals surface area contributed by atoms with Gasteiger partial charge in [0.1, 0.15) is 5.75 Å². The van der Waals surface area contributed by atoms with E-state index in [0.717, 1.165) is 46.4 Å². The Morgan fingerprint density at radius 2 is 1.95 bits per heavy atom. The lowest BCUT2D eigenvalue weighted by Gasteiger charge is -2.18. The molecule has 0 bridgehead atoms. The number of aliphatic carboxylic acids is 1. The first-order chi connectivity index (χ1) is 8.92. The van der Waals surface area contributed by atoms with Crippen molar-refractivity contribution in [2.45, 2.75) is 40.5 Å². The summed E-state index contributed by atoms with van der Waals surface area (Å²) in [6.07, 6.45) is 3.01. The number of aryl methyl sites for hydroxylation is 1. The Hall–Kier alpha value is -1.77. The van der Waals surface area contributed by atoms with Crippen molar-refractivity contribution in [3.8, 4) is 5.75 Å². The molecular weight excluding hydrogens is 240 g/mol. The number of carboxylic acid groups (broad SMARTS) is 1. The van der Waals surface area contributed by atoms with Crippen LogP contribution in [0, 0.1) is 20.8 Å². The highest BCUT2D eigenvalue weighted by Gasteiger charge is 2.14. The van der Waals surface area contributed by atoms with Crippen LogP contribution < -0.4 is 4.74 Å². The molecular formula is C16H22O3. The number of rotatable bonds is 5. The third-order valence-corrected chi connectivity index (χ3v) is 3.41. The summed E-state index contributed by atoms with van der Waals surface area (Å²) < 4.78 is 5.35. The summed E-state index contributed by atoms with van der Waals surface area (Å²) >= 11 is 0. The van der Waals surface area contributed by atoms with E-state index in [1.165, 1.54) is 6.08 Å². The Kier molecular flexibility index (Phi) is 5.16. The molecule has 3 heteroatoms. The van der Waals surface area contributed by atoms with Gasteiger partial charge >= 0.3 is 5.97 Å². The SMILES string of the molecule is CCC/C(=C\C(=O)O)c1c(C)cc(OC)c(C)c1C. The molecule has 0 aliphatic heterocycles. The van der Waals surface area contributed by atoms with Gasteiger partial charge in [0.15, 0.2) is 0 Å². The van der Waals surface area contributed by atoms with E-state index in [4.69, 9.17) is 9.84 Å². The summed E-state index contributed by atoms with van der Waals surface area (Å²) in [4.78, 5) is 11.0. The zero-order chi connectivity index (χ0) is 14.6. The Morgan fingerprint density at radius 3 is 2.42 bits per heavy atom. The fourth-order valence-electron chi connectivity index (χ4n) is 2.44. The van der Waals surface area contributed by atoms with E-state index in [-0.39, 0.29) is 0 Å². The monoisotopic (exact) mass is 262 g/mol. The van der Waals surface area contributed by atoms with Crippen LogP contribution in [-0.2, 0) is 4.79 Å². The van der Waals surface area contributed by atoms with Crippen LogP contribution in [0.5, 0.6) is 5.75 Å². The maximum atomic E-state index is 11.0. The quantitative estimate of drug-likeness (QED) is 0.819. The van der Waals surface area contributed by atoms with E-state index in [1.807, 2.05) is 26.8 Å². The molecule has 0 amide bonds. The van der Waals surface area contributed by atoms with Crippen LogP contribution in [0.2, 0.25) is 0 Å². The second kappa shape index (κ2) is 6.41. The molecule has 19 heavy (non-hydrogen) atoms. The molecule has 0 saturated carbocycles. The Morgan fingerprint density at radius 1 is 1.32 bits per heavy atom. The lowest BCUT2D eigenvalue weighted by molar-refractivity contribution is -0.131. The van der Waals surface area contributed by atoms with E-state index >= 15 is 0 Å². The highest BCUT2D eigenvalue weighted by atomic mass is 16.5. The van der Waals surface area contributed by atoms with Crippen LogP contribution in [0.15, 0.2) is 12.1 Å². The largest absolute Gasteiger partial charge is 0.496 e. The van der Waals surface area contributed by atoms with E-state index < -0.39 is 5.97 Å². The third kappa shape index (κ3) is 3.37. The number of methoxy groups -OCH3 is 1. The smallest absolute Gasteiger partial charge is 0.328 e. The van der Waals surface area contributed by atoms with Gasteiger partial charge in [0, 0.05) is 6.08 Å². The molecule has 1 aromatic carbocycles. The first kappa shape index (κ1) is 15.3. The summed E-state index contributed by atoms with van der Waals surface area (Å²) in [7, 11) is 1.65. The summed E-state index contributed by atoms with van der Waals surface area (Å²) in [5.41, 5.74) is 5.15. The van der Waals surface area contributed by atoms with Gasteiger partial charge in [-0.3, -0.25) is 0 Å². The molecule has 0 aliphatic rings. The number of allylic oxidation sites excluding steroid dienone is 1. The van der Waals surface area contributed by atoms with Crippen molar-refractivity contribution in [1.29, 1.82) is 0 Å². The summed E-state index contributed by atoms with van der Waals surface area (Å²) in [5, 5.41) is 9.02. The minimum absolute atomic E-state index is 0.764. The molecule has 0 unspecified atom stereocenters. The van der Waals surface area contributed by atoms with Crippen molar-refractivity contribution in [2.24, 2.45) is 0 Å². The minimum Gasteiger partial charge on any atom is -0.496 e. The van der Waals surface area contributed by atoms with Gasteiger partial charge in [-0.25, -0.2) is 4.79 Å². The van der Waals surface area contributed by atoms with E-state index in [9.17, 15) is 4.79 Å². The van der Waals surface area contributed by atoms with Crippen molar-refractivity contribution in [3.63, 3.8) is 0 Å². The van der Waals surface area contributed by atoms with Crippen molar-refractivity contribution in [3.05, 3.63) is 34.4 Å². The second-order valence-electron chi connectivity index (χ2n) is 4.78. The van der Waals surface area contributed by atoms with Crippen molar-refractivity contribution in [1.82, 2.24) is 0 Å². The zero-order valence-electron chi connectivity index (χ0n) is 12.3. The van der Waals surface area contributed by atoms with Crippen molar-refractivity contribution >= 4 is 11.5 Å². The van der Waals surface area contributed by atoms with Crippen LogP contribution in [0.1, 0.15) is 42.0 Å². The molecule has 0 heterocycles. The van der Waals surface area contributed by atoms with Crippen molar-refractivity contribution < 1.29 is 14.6 Å². The number of carboxylic acids is 1. The molecule has 0 spiro atoms. The second-order valence-corrected chi connectivity index (χ2v) is 4.78. The van der Waals surface area contributed by atoms with E-state index in [2.05, 4.69) is 6.92 Å². The average Bonchev–Trinajstić information content (AvgIpc) is 2.33. The standard InChI is InChI=1S/C16H22O3/c1-6-7-13(9-15(17)18)16-10(2)8-14(19-5)11(3)12(16)4/h8-9H,6-7H2,1-5H3,(H,17,18)/b13-9+. The molecule has 0 aromatic heterocycles. The highest BCUT2D eigenvalue weighted by molar-refractivity contribution is 5.91. The van der Waals surface area contributed by atoms with Crippen LogP contribution >= 0.6 is 0 Å². The number of benzene rings is 1. The summed E-state index contributed by atoms with van der Waals surface area (Å²) in [6, 6.07) is 1.98. The van der Waals surface area contributed by atoms with Gasteiger partial charge in [-0.15, -0.1) is 0 Å². The fraction of sp³-hybridized carbons (Fsp3) is 0.438. The molecule has 0 fully saturated rings. The number of hydrogen-bond acceptors (Lipinski definition) is 2. The van der Waals surface area contributed by atoms with Gasteiger partial charge in [-0.1, -0.05) is 13.3 Å². The van der Waals surface area contributed by atoms with Gasteiger partial charge in [-0.05, 0) is 61.1 Å². The van der Waals surface area contributed by atoms with E-state index in [1.54, 1.807) is 7.11 Å². The molecule has 0 radical (unpaired) electrons. The van der Waals surface area contributed by atoms with Crippen LogP contribution in [0.25, 0.3) is 5.57 Å². The normalized spacial score (nSPS) is 11.5. The molecule has 3 nitrogen and oxygen atoms in total. The molecule has 104 valence electrons. The first-order valence-corrected chi connectivity index (χ1v) is 6.51. The lowest BCUT2D eigenvalue weighted by Crippen LogP contribution is -2.01. The summed E-state index contributed by atoms with van der Waals surface area (Å²) in [5.74, 6) is -0.0411. The maximum Gasteiger partial charge on any atom is 0.328 e. The number of carbonyl (C=O) groups is 1. The Balaban J connectivity index is 3.47. The predicted octanol–water partition coefficient (Wildman–Crippen LogP) is 3.89. The number of ether oxygens (including phenoxy) is 1. The fourth-order valence-corrected chi connectivity index (χ4v) is 2.44. The van der Waals surface area contributed by atoms with Crippen LogP contribution in [0.3, 0.4) is 0 Å². The van der Waals surface area contributed by atoms with Crippen LogP contribution in [0.4, 0.5) is 0 Å². The Labute approximate surface area is 114 Å². The molecule has 0 atom stereocenters.